The Morgan fingerprint density at radius 3 is 2.25 bits per heavy atom. The number of hydrogen-bond donors (Lipinski definition) is 1. The Labute approximate surface area is 159 Å². The summed E-state index contributed by atoms with van der Waals surface area (Å²) in [5.41, 5.74) is -0.889. The zero-order valence-electron chi connectivity index (χ0n) is 14.6. The molecule has 0 radical (unpaired) electrons. The number of fused-ring (bicyclic) bond motifs is 1. The molecule has 0 spiro atoms. The molecule has 28 heavy (non-hydrogen) atoms. The maximum Gasteiger partial charge on any atom is 0.307 e. The Morgan fingerprint density at radius 2 is 1.68 bits per heavy atom. The fraction of sp³-hybridized carbons (Fsp3) is 0.150. The number of benzene rings is 3. The predicted molar refractivity (Wildman–Crippen MR) is 97.8 cm³/mol. The maximum atomic E-state index is 15.3. The third-order valence-corrected chi connectivity index (χ3v) is 5.44. The van der Waals surface area contributed by atoms with Gasteiger partial charge in [0.25, 0.3) is 5.92 Å². The van der Waals surface area contributed by atoms with Crippen LogP contribution in [0.15, 0.2) is 59.5 Å². The van der Waals surface area contributed by atoms with E-state index in [1.54, 1.807) is 0 Å². The molecule has 3 aromatic carbocycles. The van der Waals surface area contributed by atoms with Gasteiger partial charge in [0.15, 0.2) is 9.84 Å². The summed E-state index contributed by atoms with van der Waals surface area (Å²) in [5.74, 6) is -5.49. The first-order chi connectivity index (χ1) is 13.0. The third kappa shape index (κ3) is 3.87. The molecule has 0 aliphatic carbocycles. The van der Waals surface area contributed by atoms with Gasteiger partial charge in [0, 0.05) is 17.4 Å². The first-order valence-corrected chi connectivity index (χ1v) is 10.0. The van der Waals surface area contributed by atoms with Crippen molar-refractivity contribution in [1.29, 1.82) is 0 Å². The molecular formula is C20H15F3O4S. The molecule has 0 heterocycles. The van der Waals surface area contributed by atoms with Crippen molar-refractivity contribution in [2.45, 2.75) is 17.2 Å². The van der Waals surface area contributed by atoms with Crippen molar-refractivity contribution in [2.75, 3.05) is 6.26 Å². The van der Waals surface area contributed by atoms with Gasteiger partial charge in [0.2, 0.25) is 0 Å². The summed E-state index contributed by atoms with van der Waals surface area (Å²) in [5, 5.41) is 9.23. The molecule has 0 amide bonds. The number of hydrogen-bond acceptors (Lipinski definition) is 3. The summed E-state index contributed by atoms with van der Waals surface area (Å²) in [6.45, 7) is 0. The fourth-order valence-corrected chi connectivity index (χ4v) is 3.63. The number of carboxylic acids is 1. The summed E-state index contributed by atoms with van der Waals surface area (Å²) in [4.78, 5) is 10.9. The van der Waals surface area contributed by atoms with Crippen LogP contribution in [-0.4, -0.2) is 25.7 Å². The second kappa shape index (κ2) is 6.94. The quantitative estimate of drug-likeness (QED) is 0.689. The van der Waals surface area contributed by atoms with Gasteiger partial charge >= 0.3 is 5.97 Å². The molecule has 4 nitrogen and oxygen atoms in total. The van der Waals surface area contributed by atoms with Crippen LogP contribution in [0.3, 0.4) is 0 Å². The highest BCUT2D eigenvalue weighted by molar-refractivity contribution is 7.90. The van der Waals surface area contributed by atoms with Gasteiger partial charge in [-0.15, -0.1) is 0 Å². The molecule has 0 saturated carbocycles. The number of halogens is 3. The Morgan fingerprint density at radius 1 is 1.04 bits per heavy atom. The van der Waals surface area contributed by atoms with Gasteiger partial charge in [-0.1, -0.05) is 24.3 Å². The van der Waals surface area contributed by atoms with Crippen LogP contribution in [0.4, 0.5) is 13.2 Å². The van der Waals surface area contributed by atoms with Gasteiger partial charge in [-0.25, -0.2) is 12.8 Å². The van der Waals surface area contributed by atoms with E-state index in [1.165, 1.54) is 12.1 Å². The summed E-state index contributed by atoms with van der Waals surface area (Å²) < 4.78 is 67.3. The SMILES string of the molecule is CS(=O)(=O)c1ccc(C(F)(F)c2cc(CC(=O)O)cc3ccc(F)cc23)cc1. The molecule has 0 aromatic heterocycles. The zero-order valence-corrected chi connectivity index (χ0v) is 15.4. The van der Waals surface area contributed by atoms with E-state index < -0.39 is 45.1 Å². The number of carboxylic acid groups (broad SMARTS) is 1. The standard InChI is InChI=1S/C20H15F3O4S/c1-28(26,27)16-6-3-14(4-7-16)20(22,23)18-9-12(10-19(24)25)8-13-2-5-15(21)11-17(13)18/h2-9,11H,10H2,1H3,(H,24,25). The van der Waals surface area contributed by atoms with Crippen LogP contribution in [0.25, 0.3) is 10.8 Å². The van der Waals surface area contributed by atoms with Gasteiger partial charge < -0.3 is 5.11 Å². The van der Waals surface area contributed by atoms with Crippen molar-refractivity contribution in [3.8, 4) is 0 Å². The van der Waals surface area contributed by atoms with Gasteiger partial charge in [-0.2, -0.15) is 8.78 Å². The lowest BCUT2D eigenvalue weighted by Gasteiger charge is -2.21. The molecule has 1 N–H and O–H groups in total. The molecule has 146 valence electrons. The van der Waals surface area contributed by atoms with E-state index in [2.05, 4.69) is 0 Å². The normalized spacial score (nSPS) is 12.3. The molecule has 3 aromatic rings. The average Bonchev–Trinajstić information content (AvgIpc) is 2.60. The molecule has 0 atom stereocenters. The number of alkyl halides is 2. The van der Waals surface area contributed by atoms with Crippen molar-refractivity contribution in [3.05, 3.63) is 77.1 Å². The van der Waals surface area contributed by atoms with Crippen LogP contribution in [0.2, 0.25) is 0 Å². The summed E-state index contributed by atoms with van der Waals surface area (Å²) in [7, 11) is -3.55. The van der Waals surface area contributed by atoms with E-state index in [-0.39, 0.29) is 21.2 Å². The minimum Gasteiger partial charge on any atom is -0.481 e. The van der Waals surface area contributed by atoms with E-state index in [0.717, 1.165) is 48.7 Å². The first kappa shape index (κ1) is 19.9. The fourth-order valence-electron chi connectivity index (χ4n) is 3.00. The van der Waals surface area contributed by atoms with E-state index in [0.29, 0.717) is 0 Å². The number of carbonyl (C=O) groups is 1. The van der Waals surface area contributed by atoms with Gasteiger partial charge in [0.05, 0.1) is 11.3 Å². The van der Waals surface area contributed by atoms with Crippen LogP contribution in [0.1, 0.15) is 16.7 Å². The van der Waals surface area contributed by atoms with Crippen molar-refractivity contribution >= 4 is 26.6 Å². The molecule has 0 aliphatic heterocycles. The summed E-state index contributed by atoms with van der Waals surface area (Å²) >= 11 is 0. The second-order valence-corrected chi connectivity index (χ2v) is 8.47. The van der Waals surface area contributed by atoms with Crippen LogP contribution in [-0.2, 0) is 27.0 Å². The minimum atomic E-state index is -3.60. The number of rotatable bonds is 5. The van der Waals surface area contributed by atoms with E-state index in [1.807, 2.05) is 0 Å². The lowest BCUT2D eigenvalue weighted by molar-refractivity contribution is -0.136. The number of sulfone groups is 1. The Bertz CT molecular complexity index is 1170. The van der Waals surface area contributed by atoms with Crippen molar-refractivity contribution in [3.63, 3.8) is 0 Å². The van der Waals surface area contributed by atoms with E-state index >= 15 is 8.78 Å². The topological polar surface area (TPSA) is 71.4 Å². The van der Waals surface area contributed by atoms with Crippen molar-refractivity contribution in [1.82, 2.24) is 0 Å². The van der Waals surface area contributed by atoms with E-state index in [9.17, 15) is 17.6 Å². The van der Waals surface area contributed by atoms with Crippen LogP contribution in [0.5, 0.6) is 0 Å². The smallest absolute Gasteiger partial charge is 0.307 e. The largest absolute Gasteiger partial charge is 0.481 e. The minimum absolute atomic E-state index is 0.0497. The summed E-state index contributed by atoms with van der Waals surface area (Å²) in [6.07, 6.45) is 0.495. The molecule has 8 heteroatoms. The van der Waals surface area contributed by atoms with Crippen molar-refractivity contribution in [2.24, 2.45) is 0 Å². The van der Waals surface area contributed by atoms with Crippen molar-refractivity contribution < 1.29 is 31.5 Å². The van der Waals surface area contributed by atoms with Crippen LogP contribution < -0.4 is 0 Å². The lowest BCUT2D eigenvalue weighted by atomic mass is 9.92. The first-order valence-electron chi connectivity index (χ1n) is 8.11. The molecule has 0 bridgehead atoms. The molecular weight excluding hydrogens is 393 g/mol. The predicted octanol–water partition coefficient (Wildman–Crippen LogP) is 4.15. The number of aliphatic carboxylic acids is 1. The molecule has 0 aliphatic rings. The lowest BCUT2D eigenvalue weighted by Crippen LogP contribution is -2.17. The highest BCUT2D eigenvalue weighted by Gasteiger charge is 2.36. The highest BCUT2D eigenvalue weighted by atomic mass is 32.2. The maximum absolute atomic E-state index is 15.3. The van der Waals surface area contributed by atoms with Gasteiger partial charge in [-0.3, -0.25) is 4.79 Å². The van der Waals surface area contributed by atoms with Crippen LogP contribution in [0, 0.1) is 5.82 Å². The Hall–Kier alpha value is -2.87. The average molecular weight is 408 g/mol. The monoisotopic (exact) mass is 408 g/mol. The summed E-state index contributed by atoms with van der Waals surface area (Å²) in [6, 6.07) is 9.98. The molecule has 3 rings (SSSR count). The van der Waals surface area contributed by atoms with E-state index in [4.69, 9.17) is 5.11 Å². The Balaban J connectivity index is 2.21. The van der Waals surface area contributed by atoms with Gasteiger partial charge in [-0.05, 0) is 46.7 Å². The molecule has 0 saturated heterocycles. The van der Waals surface area contributed by atoms with Crippen LogP contribution >= 0.6 is 0 Å². The zero-order chi connectivity index (χ0) is 20.7. The highest BCUT2D eigenvalue weighted by Crippen LogP contribution is 2.40. The Kier molecular flexibility index (Phi) is 4.93. The molecule has 0 fully saturated rings. The molecule has 0 unspecified atom stereocenters. The van der Waals surface area contributed by atoms with Gasteiger partial charge in [0.1, 0.15) is 5.82 Å². The third-order valence-electron chi connectivity index (χ3n) is 4.31. The second-order valence-electron chi connectivity index (χ2n) is 6.45.